The van der Waals surface area contributed by atoms with Crippen molar-refractivity contribution in [1.82, 2.24) is 9.97 Å². The molecule has 0 spiro atoms. The molecule has 0 fully saturated rings. The summed E-state index contributed by atoms with van der Waals surface area (Å²) in [6, 6.07) is 5.73. The quantitative estimate of drug-likeness (QED) is 0.713. The average molecular weight is 173 g/mol. The first-order valence-electron chi connectivity index (χ1n) is 4.24. The van der Waals surface area contributed by atoms with Gasteiger partial charge in [-0.05, 0) is 25.1 Å². The monoisotopic (exact) mass is 173 g/mol. The predicted octanol–water partition coefficient (Wildman–Crippen LogP) is 1.65. The van der Waals surface area contributed by atoms with Crippen molar-refractivity contribution in [3.05, 3.63) is 36.3 Å². The van der Waals surface area contributed by atoms with E-state index in [1.54, 1.807) is 12.4 Å². The molecule has 3 nitrogen and oxygen atoms in total. The van der Waals surface area contributed by atoms with Crippen LogP contribution in [-0.4, -0.2) is 9.97 Å². The van der Waals surface area contributed by atoms with E-state index in [0.29, 0.717) is 0 Å². The van der Waals surface area contributed by atoms with E-state index in [4.69, 9.17) is 5.73 Å². The summed E-state index contributed by atoms with van der Waals surface area (Å²) in [6.45, 7) is 1.93. The Bertz CT molecular complexity index is 418. The van der Waals surface area contributed by atoms with Crippen LogP contribution in [0.3, 0.4) is 0 Å². The normalized spacial score (nSPS) is 13.1. The van der Waals surface area contributed by atoms with Gasteiger partial charge in [0.1, 0.15) is 0 Å². The van der Waals surface area contributed by atoms with Gasteiger partial charge in [-0.25, -0.2) is 0 Å². The van der Waals surface area contributed by atoms with Gasteiger partial charge < -0.3 is 5.73 Å². The molecule has 0 aliphatic rings. The smallest absolute Gasteiger partial charge is 0.0736 e. The molecule has 1 atom stereocenters. The van der Waals surface area contributed by atoms with Crippen molar-refractivity contribution in [2.24, 2.45) is 5.73 Å². The van der Waals surface area contributed by atoms with Crippen LogP contribution in [0.2, 0.25) is 0 Å². The lowest BCUT2D eigenvalue weighted by Gasteiger charge is -2.06. The summed E-state index contributed by atoms with van der Waals surface area (Å²) in [5.41, 5.74) is 7.65. The van der Waals surface area contributed by atoms with E-state index >= 15 is 0 Å². The van der Waals surface area contributed by atoms with Gasteiger partial charge in [0, 0.05) is 23.8 Å². The maximum Gasteiger partial charge on any atom is 0.0736 e. The third-order valence-electron chi connectivity index (χ3n) is 1.99. The van der Waals surface area contributed by atoms with E-state index in [1.807, 2.05) is 25.1 Å². The molecule has 2 rings (SSSR count). The highest BCUT2D eigenvalue weighted by Crippen LogP contribution is 2.18. The number of hydrogen-bond acceptors (Lipinski definition) is 3. The van der Waals surface area contributed by atoms with Crippen molar-refractivity contribution in [1.29, 1.82) is 0 Å². The number of nitrogens with zero attached hydrogens (tertiary/aromatic N) is 2. The standard InChI is InChI=1S/C10H11N3/c1-7(11)10-8-3-2-5-12-9(8)4-6-13-10/h2-7H,11H2,1H3/t7-/m1/s1. The summed E-state index contributed by atoms with van der Waals surface area (Å²) < 4.78 is 0. The van der Waals surface area contributed by atoms with E-state index in [2.05, 4.69) is 9.97 Å². The lowest BCUT2D eigenvalue weighted by Crippen LogP contribution is -2.07. The molecule has 3 heteroatoms. The fraction of sp³-hybridized carbons (Fsp3) is 0.200. The summed E-state index contributed by atoms with van der Waals surface area (Å²) in [7, 11) is 0. The predicted molar refractivity (Wildman–Crippen MR) is 52.1 cm³/mol. The van der Waals surface area contributed by atoms with Crippen molar-refractivity contribution < 1.29 is 0 Å². The second-order valence-corrected chi connectivity index (χ2v) is 3.05. The summed E-state index contributed by atoms with van der Waals surface area (Å²) in [6.07, 6.45) is 3.52. The molecule has 2 aromatic rings. The van der Waals surface area contributed by atoms with E-state index in [1.165, 1.54) is 0 Å². The van der Waals surface area contributed by atoms with E-state index in [0.717, 1.165) is 16.6 Å². The lowest BCUT2D eigenvalue weighted by molar-refractivity contribution is 0.791. The summed E-state index contributed by atoms with van der Waals surface area (Å²) in [5, 5.41) is 1.04. The Labute approximate surface area is 76.6 Å². The van der Waals surface area contributed by atoms with Crippen LogP contribution in [0.15, 0.2) is 30.6 Å². The number of fused-ring (bicyclic) bond motifs is 1. The Balaban J connectivity index is 2.76. The number of rotatable bonds is 1. The zero-order chi connectivity index (χ0) is 9.26. The fourth-order valence-corrected chi connectivity index (χ4v) is 1.39. The van der Waals surface area contributed by atoms with Gasteiger partial charge in [0.2, 0.25) is 0 Å². The van der Waals surface area contributed by atoms with Gasteiger partial charge >= 0.3 is 0 Å². The van der Waals surface area contributed by atoms with Crippen LogP contribution in [0.4, 0.5) is 0 Å². The molecule has 0 bridgehead atoms. The summed E-state index contributed by atoms with van der Waals surface area (Å²) in [4.78, 5) is 8.47. The minimum atomic E-state index is -0.0482. The van der Waals surface area contributed by atoms with Gasteiger partial charge in [-0.15, -0.1) is 0 Å². The Morgan fingerprint density at radius 2 is 2.08 bits per heavy atom. The molecule has 2 N–H and O–H groups in total. The fourth-order valence-electron chi connectivity index (χ4n) is 1.39. The van der Waals surface area contributed by atoms with Crippen LogP contribution in [0.25, 0.3) is 10.9 Å². The molecular weight excluding hydrogens is 162 g/mol. The first-order valence-corrected chi connectivity index (χ1v) is 4.24. The summed E-state index contributed by atoms with van der Waals surface area (Å²) >= 11 is 0. The van der Waals surface area contributed by atoms with Crippen molar-refractivity contribution in [3.8, 4) is 0 Å². The topological polar surface area (TPSA) is 51.8 Å². The molecule has 13 heavy (non-hydrogen) atoms. The summed E-state index contributed by atoms with van der Waals surface area (Å²) in [5.74, 6) is 0. The average Bonchev–Trinajstić information content (AvgIpc) is 2.17. The van der Waals surface area contributed by atoms with E-state index in [9.17, 15) is 0 Å². The molecule has 0 unspecified atom stereocenters. The van der Waals surface area contributed by atoms with E-state index < -0.39 is 0 Å². The molecule has 0 aliphatic heterocycles. The van der Waals surface area contributed by atoms with Crippen molar-refractivity contribution >= 4 is 10.9 Å². The maximum absolute atomic E-state index is 5.79. The van der Waals surface area contributed by atoms with Crippen LogP contribution < -0.4 is 5.73 Å². The molecule has 2 aromatic heterocycles. The third-order valence-corrected chi connectivity index (χ3v) is 1.99. The van der Waals surface area contributed by atoms with Crippen LogP contribution in [0, 0.1) is 0 Å². The Hall–Kier alpha value is -1.48. The zero-order valence-electron chi connectivity index (χ0n) is 7.44. The lowest BCUT2D eigenvalue weighted by atomic mass is 10.1. The largest absolute Gasteiger partial charge is 0.323 e. The molecule has 66 valence electrons. The molecular formula is C10H11N3. The van der Waals surface area contributed by atoms with Crippen LogP contribution in [0.1, 0.15) is 18.7 Å². The Morgan fingerprint density at radius 3 is 2.85 bits per heavy atom. The second kappa shape index (κ2) is 3.11. The van der Waals surface area contributed by atoms with Crippen molar-refractivity contribution in [3.63, 3.8) is 0 Å². The molecule has 2 heterocycles. The Kier molecular flexibility index (Phi) is 1.94. The Morgan fingerprint density at radius 1 is 1.23 bits per heavy atom. The minimum absolute atomic E-state index is 0.0482. The van der Waals surface area contributed by atoms with Crippen LogP contribution >= 0.6 is 0 Å². The first kappa shape index (κ1) is 8.13. The number of hydrogen-bond donors (Lipinski definition) is 1. The van der Waals surface area contributed by atoms with Gasteiger partial charge in [0.05, 0.1) is 11.2 Å². The molecule has 0 saturated heterocycles. The SMILES string of the molecule is C[C@@H](N)c1nccc2ncccc12. The number of aromatic nitrogens is 2. The highest BCUT2D eigenvalue weighted by Gasteiger charge is 2.05. The molecule has 0 saturated carbocycles. The first-order chi connectivity index (χ1) is 6.29. The maximum atomic E-state index is 5.79. The molecule has 0 amide bonds. The number of nitrogens with two attached hydrogens (primary N) is 1. The highest BCUT2D eigenvalue weighted by molar-refractivity contribution is 5.80. The second-order valence-electron chi connectivity index (χ2n) is 3.05. The molecule has 0 aromatic carbocycles. The van der Waals surface area contributed by atoms with Gasteiger partial charge in [-0.3, -0.25) is 9.97 Å². The van der Waals surface area contributed by atoms with Crippen molar-refractivity contribution in [2.45, 2.75) is 13.0 Å². The number of pyridine rings is 2. The van der Waals surface area contributed by atoms with Gasteiger partial charge in [0.15, 0.2) is 0 Å². The van der Waals surface area contributed by atoms with E-state index in [-0.39, 0.29) is 6.04 Å². The third kappa shape index (κ3) is 1.38. The van der Waals surface area contributed by atoms with Crippen LogP contribution in [-0.2, 0) is 0 Å². The van der Waals surface area contributed by atoms with Crippen molar-refractivity contribution in [2.75, 3.05) is 0 Å². The van der Waals surface area contributed by atoms with Gasteiger partial charge in [0.25, 0.3) is 0 Å². The molecule has 0 radical (unpaired) electrons. The van der Waals surface area contributed by atoms with Crippen LogP contribution in [0.5, 0.6) is 0 Å². The zero-order valence-corrected chi connectivity index (χ0v) is 7.44. The van der Waals surface area contributed by atoms with Gasteiger partial charge in [-0.2, -0.15) is 0 Å². The highest BCUT2D eigenvalue weighted by atomic mass is 14.8. The molecule has 0 aliphatic carbocycles. The minimum Gasteiger partial charge on any atom is -0.323 e. The van der Waals surface area contributed by atoms with Gasteiger partial charge in [-0.1, -0.05) is 0 Å².